The van der Waals surface area contributed by atoms with E-state index in [0.29, 0.717) is 0 Å². The van der Waals surface area contributed by atoms with Crippen LogP contribution >= 0.6 is 0 Å². The van der Waals surface area contributed by atoms with Gasteiger partial charge in [0.25, 0.3) is 0 Å². The van der Waals surface area contributed by atoms with Gasteiger partial charge in [0.15, 0.2) is 0 Å². The van der Waals surface area contributed by atoms with E-state index in [4.69, 9.17) is 15.5 Å². The largest absolute Gasteiger partial charge is 0.481 e. The lowest BCUT2D eigenvalue weighted by molar-refractivity contribution is -0.140. The van der Waals surface area contributed by atoms with Crippen LogP contribution in [0.4, 0.5) is 4.79 Å². The van der Waals surface area contributed by atoms with Gasteiger partial charge in [0.2, 0.25) is 0 Å². The summed E-state index contributed by atoms with van der Waals surface area (Å²) in [7, 11) is 1.43. The lowest BCUT2D eigenvalue weighted by Gasteiger charge is -2.21. The molecule has 0 fully saturated rings. The van der Waals surface area contributed by atoms with Gasteiger partial charge in [-0.25, -0.2) is 9.59 Å². The first-order valence-electron chi connectivity index (χ1n) is 5.63. The molecule has 8 nitrogen and oxygen atoms in total. The molecule has 0 aromatic carbocycles. The van der Waals surface area contributed by atoms with E-state index in [-0.39, 0.29) is 25.3 Å². The first-order valence-corrected chi connectivity index (χ1v) is 5.63. The van der Waals surface area contributed by atoms with Crippen LogP contribution in [0.5, 0.6) is 0 Å². The van der Waals surface area contributed by atoms with Crippen molar-refractivity contribution < 1.29 is 24.6 Å². The van der Waals surface area contributed by atoms with E-state index in [0.717, 1.165) is 0 Å². The molecule has 0 aliphatic heterocycles. The maximum atomic E-state index is 11.6. The fraction of sp³-hybridized carbons (Fsp3) is 0.636. The Bertz CT molecular complexity index is 390. The number of nitrogens with one attached hydrogen (secondary N) is 1. The smallest absolute Gasteiger partial charge is 0.326 e. The van der Waals surface area contributed by atoms with Gasteiger partial charge < -0.3 is 20.4 Å². The molecule has 0 aliphatic carbocycles. The molecule has 19 heavy (non-hydrogen) atoms. The molecule has 2 amide bonds. The highest BCUT2D eigenvalue weighted by molar-refractivity contribution is 5.83. The number of nitriles is 1. The number of hydrogen-bond acceptors (Lipinski definition) is 4. The molecule has 0 aromatic heterocycles. The van der Waals surface area contributed by atoms with E-state index in [1.807, 2.05) is 6.07 Å². The molecule has 0 rings (SSSR count). The Morgan fingerprint density at radius 3 is 2.37 bits per heavy atom. The molecule has 0 saturated carbocycles. The number of carboxylic acid groups (broad SMARTS) is 2. The lowest BCUT2D eigenvalue weighted by Crippen LogP contribution is -2.47. The van der Waals surface area contributed by atoms with Crippen molar-refractivity contribution in [2.45, 2.75) is 25.8 Å². The van der Waals surface area contributed by atoms with Crippen LogP contribution in [-0.2, 0) is 9.59 Å². The minimum Gasteiger partial charge on any atom is -0.481 e. The van der Waals surface area contributed by atoms with Gasteiger partial charge in [0, 0.05) is 20.0 Å². The number of aliphatic carboxylic acids is 2. The number of nitrogens with zero attached hydrogens (tertiary/aromatic N) is 2. The summed E-state index contributed by atoms with van der Waals surface area (Å²) in [5.41, 5.74) is 0. The van der Waals surface area contributed by atoms with E-state index in [9.17, 15) is 14.4 Å². The van der Waals surface area contributed by atoms with Crippen molar-refractivity contribution in [3.8, 4) is 6.07 Å². The summed E-state index contributed by atoms with van der Waals surface area (Å²) >= 11 is 0. The Morgan fingerprint density at radius 1 is 1.37 bits per heavy atom. The minimum atomic E-state index is -1.30. The molecule has 2 atom stereocenters. The molecule has 0 spiro atoms. The molecule has 0 aromatic rings. The molecule has 8 heteroatoms. The molecule has 106 valence electrons. The molecule has 0 radical (unpaired) electrons. The van der Waals surface area contributed by atoms with Gasteiger partial charge in [-0.3, -0.25) is 4.79 Å². The Morgan fingerprint density at radius 2 is 1.95 bits per heavy atom. The summed E-state index contributed by atoms with van der Waals surface area (Å²) in [6.45, 7) is 1.79. The molecule has 3 N–H and O–H groups in total. The average Bonchev–Trinajstić information content (AvgIpc) is 2.32. The number of rotatable bonds is 7. The first kappa shape index (κ1) is 16.7. The topological polar surface area (TPSA) is 131 Å². The third kappa shape index (κ3) is 6.88. The van der Waals surface area contributed by atoms with Crippen LogP contribution in [0.2, 0.25) is 0 Å². The zero-order valence-corrected chi connectivity index (χ0v) is 10.8. The molecular weight excluding hydrogens is 254 g/mol. The summed E-state index contributed by atoms with van der Waals surface area (Å²) in [4.78, 5) is 34.1. The minimum absolute atomic E-state index is 0.160. The fourth-order valence-electron chi connectivity index (χ4n) is 1.32. The second kappa shape index (κ2) is 7.92. The van der Waals surface area contributed by atoms with Gasteiger partial charge in [-0.05, 0) is 13.3 Å². The van der Waals surface area contributed by atoms with E-state index < -0.39 is 24.0 Å². The van der Waals surface area contributed by atoms with Crippen molar-refractivity contribution >= 4 is 18.0 Å². The molecule has 0 aliphatic rings. The second-order valence-electron chi connectivity index (χ2n) is 4.18. The van der Waals surface area contributed by atoms with E-state index in [2.05, 4.69) is 5.32 Å². The van der Waals surface area contributed by atoms with Crippen molar-refractivity contribution in [2.24, 2.45) is 5.92 Å². The summed E-state index contributed by atoms with van der Waals surface area (Å²) < 4.78 is 0. The molecule has 1 unspecified atom stereocenters. The van der Waals surface area contributed by atoms with Gasteiger partial charge in [0.05, 0.1) is 12.0 Å². The zero-order chi connectivity index (χ0) is 15.0. The highest BCUT2D eigenvalue weighted by atomic mass is 16.4. The van der Waals surface area contributed by atoms with Crippen molar-refractivity contribution in [1.82, 2.24) is 10.2 Å². The number of carboxylic acids is 2. The van der Waals surface area contributed by atoms with Gasteiger partial charge in [-0.2, -0.15) is 5.26 Å². The number of carbonyl (C=O) groups is 3. The normalized spacial score (nSPS) is 12.9. The number of urea groups is 1. The van der Waals surface area contributed by atoms with Gasteiger partial charge in [0.1, 0.15) is 6.04 Å². The number of amides is 2. The van der Waals surface area contributed by atoms with Gasteiger partial charge >= 0.3 is 18.0 Å². The Balaban J connectivity index is 4.42. The zero-order valence-electron chi connectivity index (χ0n) is 10.8. The standard InChI is InChI=1S/C11H17N3O5/c1-7(5-12)6-14(2)11(19)13-8(10(17)18)3-4-9(15)16/h7-8H,3-4,6H2,1-2H3,(H,13,19)(H,15,16)(H,17,18)/t7?,8-/m0/s1. The van der Waals surface area contributed by atoms with Crippen molar-refractivity contribution in [3.05, 3.63) is 0 Å². The lowest BCUT2D eigenvalue weighted by atomic mass is 10.1. The average molecular weight is 271 g/mol. The highest BCUT2D eigenvalue weighted by Crippen LogP contribution is 2.01. The fourth-order valence-corrected chi connectivity index (χ4v) is 1.32. The molecule has 0 heterocycles. The Hall–Kier alpha value is -2.30. The van der Waals surface area contributed by atoms with Crippen LogP contribution in [0.15, 0.2) is 0 Å². The quantitative estimate of drug-likeness (QED) is 0.602. The predicted molar refractivity (Wildman–Crippen MR) is 64.2 cm³/mol. The van der Waals surface area contributed by atoms with Crippen molar-refractivity contribution in [1.29, 1.82) is 5.26 Å². The summed E-state index contributed by atoms with van der Waals surface area (Å²) in [6.07, 6.45) is -0.548. The van der Waals surface area contributed by atoms with Crippen LogP contribution in [0, 0.1) is 17.2 Å². The molecular formula is C11H17N3O5. The third-order valence-corrected chi connectivity index (χ3v) is 2.36. The number of hydrogen-bond donors (Lipinski definition) is 3. The SMILES string of the molecule is CC(C#N)CN(C)C(=O)N[C@@H](CCC(=O)O)C(=O)O. The van der Waals surface area contributed by atoms with Crippen molar-refractivity contribution in [3.63, 3.8) is 0 Å². The van der Waals surface area contributed by atoms with Crippen molar-refractivity contribution in [2.75, 3.05) is 13.6 Å². The molecule has 0 saturated heterocycles. The maximum absolute atomic E-state index is 11.6. The maximum Gasteiger partial charge on any atom is 0.326 e. The van der Waals surface area contributed by atoms with Crippen LogP contribution in [0.25, 0.3) is 0 Å². The van der Waals surface area contributed by atoms with Crippen LogP contribution < -0.4 is 5.32 Å². The molecule has 0 bridgehead atoms. The summed E-state index contributed by atoms with van der Waals surface area (Å²) in [6, 6.07) is 0.0376. The van der Waals surface area contributed by atoms with Crippen LogP contribution in [0.1, 0.15) is 19.8 Å². The van der Waals surface area contributed by atoms with Crippen LogP contribution in [0.3, 0.4) is 0 Å². The predicted octanol–water partition coefficient (Wildman–Crippen LogP) is 0.105. The summed E-state index contributed by atoms with van der Waals surface area (Å²) in [5, 5.41) is 28.2. The monoisotopic (exact) mass is 271 g/mol. The Kier molecular flexibility index (Phi) is 6.96. The van der Waals surface area contributed by atoms with Crippen LogP contribution in [-0.4, -0.2) is 52.7 Å². The highest BCUT2D eigenvalue weighted by Gasteiger charge is 2.23. The second-order valence-corrected chi connectivity index (χ2v) is 4.18. The van der Waals surface area contributed by atoms with E-state index in [1.165, 1.54) is 11.9 Å². The van der Waals surface area contributed by atoms with E-state index in [1.54, 1.807) is 6.92 Å². The first-order chi connectivity index (χ1) is 8.77. The third-order valence-electron chi connectivity index (χ3n) is 2.36. The van der Waals surface area contributed by atoms with Gasteiger partial charge in [-0.15, -0.1) is 0 Å². The summed E-state index contributed by atoms with van der Waals surface area (Å²) in [5.74, 6) is -2.80. The Labute approximate surface area is 110 Å². The van der Waals surface area contributed by atoms with Gasteiger partial charge in [-0.1, -0.05) is 0 Å². The number of carbonyl (C=O) groups excluding carboxylic acids is 1. The van der Waals surface area contributed by atoms with E-state index >= 15 is 0 Å².